The van der Waals surface area contributed by atoms with Crippen molar-refractivity contribution in [3.05, 3.63) is 89.6 Å². The number of carbonyl (C=O) groups is 1. The molecule has 4 aromatic rings. The van der Waals surface area contributed by atoms with Crippen LogP contribution < -0.4 is 4.74 Å². The summed E-state index contributed by atoms with van der Waals surface area (Å²) >= 11 is 0. The average Bonchev–Trinajstić information content (AvgIpc) is 3.44. The van der Waals surface area contributed by atoms with Gasteiger partial charge in [0.15, 0.2) is 0 Å². The number of ether oxygens (including phenoxy) is 2. The lowest BCUT2D eigenvalue weighted by Gasteiger charge is -2.06. The van der Waals surface area contributed by atoms with Crippen molar-refractivity contribution in [2.75, 3.05) is 6.61 Å². The first-order valence-corrected chi connectivity index (χ1v) is 11.0. The van der Waals surface area contributed by atoms with Crippen molar-refractivity contribution >= 4 is 5.97 Å². The third kappa shape index (κ3) is 6.10. The zero-order valence-corrected chi connectivity index (χ0v) is 18.9. The first-order chi connectivity index (χ1) is 16.1. The predicted molar refractivity (Wildman–Crippen MR) is 124 cm³/mol. The molecule has 7 heteroatoms. The molecular formula is C26H27N3O4. The van der Waals surface area contributed by atoms with Crippen LogP contribution in [0.1, 0.15) is 35.9 Å². The molecule has 0 saturated carbocycles. The van der Waals surface area contributed by atoms with Gasteiger partial charge in [-0.3, -0.25) is 9.48 Å². The van der Waals surface area contributed by atoms with E-state index < -0.39 is 0 Å². The summed E-state index contributed by atoms with van der Waals surface area (Å²) in [6.45, 7) is 5.09. The van der Waals surface area contributed by atoms with E-state index >= 15 is 0 Å². The molecule has 0 fully saturated rings. The fraction of sp³-hybridized carbons (Fsp3) is 0.269. The highest BCUT2D eigenvalue weighted by Gasteiger charge is 2.12. The summed E-state index contributed by atoms with van der Waals surface area (Å²) in [6, 6.07) is 17.7. The van der Waals surface area contributed by atoms with E-state index in [2.05, 4.69) is 10.1 Å². The lowest BCUT2D eigenvalue weighted by Crippen LogP contribution is -2.05. The first kappa shape index (κ1) is 22.3. The highest BCUT2D eigenvalue weighted by molar-refractivity contribution is 5.69. The molecule has 2 aromatic heterocycles. The van der Waals surface area contributed by atoms with E-state index in [1.54, 1.807) is 6.20 Å². The van der Waals surface area contributed by atoms with Crippen molar-refractivity contribution in [1.29, 1.82) is 0 Å². The van der Waals surface area contributed by atoms with Crippen LogP contribution in [0.3, 0.4) is 0 Å². The van der Waals surface area contributed by atoms with Gasteiger partial charge < -0.3 is 13.9 Å². The smallest absolute Gasteiger partial charge is 0.306 e. The number of hydrogen-bond acceptors (Lipinski definition) is 6. The van der Waals surface area contributed by atoms with Crippen LogP contribution in [0.2, 0.25) is 0 Å². The van der Waals surface area contributed by atoms with Crippen molar-refractivity contribution in [1.82, 2.24) is 14.8 Å². The Balaban J connectivity index is 1.30. The number of nitrogens with zero attached hydrogens (tertiary/aromatic N) is 3. The first-order valence-electron chi connectivity index (χ1n) is 11.0. The molecule has 0 aliphatic carbocycles. The van der Waals surface area contributed by atoms with Crippen molar-refractivity contribution < 1.29 is 18.7 Å². The van der Waals surface area contributed by atoms with Gasteiger partial charge >= 0.3 is 5.97 Å². The lowest BCUT2D eigenvalue weighted by atomic mass is 10.2. The third-order valence-corrected chi connectivity index (χ3v) is 5.17. The normalized spacial score (nSPS) is 10.8. The Morgan fingerprint density at radius 2 is 1.85 bits per heavy atom. The minimum absolute atomic E-state index is 0.182. The Hall–Kier alpha value is -3.87. The van der Waals surface area contributed by atoms with Crippen LogP contribution in [0, 0.1) is 6.92 Å². The number of rotatable bonds is 10. The molecule has 0 N–H and O–H groups in total. The molecule has 0 aliphatic heterocycles. The number of aryl methyl sites for hydroxylation is 2. The van der Waals surface area contributed by atoms with Crippen LogP contribution >= 0.6 is 0 Å². The van der Waals surface area contributed by atoms with Crippen LogP contribution in [-0.4, -0.2) is 27.3 Å². The van der Waals surface area contributed by atoms with Crippen LogP contribution in [0.4, 0.5) is 0 Å². The number of carbonyl (C=O) groups excluding carboxylic acids is 1. The Kier molecular flexibility index (Phi) is 7.19. The standard InChI is InChI=1S/C26H27N3O4/c1-3-31-25(30)14-11-21-15-27-29(17-21)16-20-9-12-23(13-10-20)32-18-24-19(2)33-26(28-24)22-7-5-4-6-8-22/h4-10,12-13,15,17H,3,11,14,16,18H2,1-2H3. The molecule has 0 bridgehead atoms. The van der Waals surface area contributed by atoms with Gasteiger partial charge in [0.25, 0.3) is 0 Å². The van der Waals surface area contributed by atoms with Gasteiger partial charge in [0.1, 0.15) is 23.8 Å². The van der Waals surface area contributed by atoms with E-state index in [-0.39, 0.29) is 5.97 Å². The molecule has 0 atom stereocenters. The number of esters is 1. The second kappa shape index (κ2) is 10.6. The molecule has 0 unspecified atom stereocenters. The summed E-state index contributed by atoms with van der Waals surface area (Å²) < 4.78 is 18.5. The monoisotopic (exact) mass is 445 g/mol. The molecule has 0 spiro atoms. The molecule has 0 amide bonds. The molecule has 0 aliphatic rings. The van der Waals surface area contributed by atoms with Gasteiger partial charge in [-0.15, -0.1) is 0 Å². The summed E-state index contributed by atoms with van der Waals surface area (Å²) in [5.74, 6) is 1.93. The van der Waals surface area contributed by atoms with Crippen LogP contribution in [0.25, 0.3) is 11.5 Å². The topological polar surface area (TPSA) is 79.4 Å². The fourth-order valence-electron chi connectivity index (χ4n) is 3.40. The van der Waals surface area contributed by atoms with Crippen molar-refractivity contribution in [3.8, 4) is 17.2 Å². The minimum Gasteiger partial charge on any atom is -0.487 e. The number of hydrogen-bond donors (Lipinski definition) is 0. The Morgan fingerprint density at radius 3 is 2.61 bits per heavy atom. The number of benzene rings is 2. The van der Waals surface area contributed by atoms with Gasteiger partial charge in [-0.25, -0.2) is 4.98 Å². The lowest BCUT2D eigenvalue weighted by molar-refractivity contribution is -0.143. The van der Waals surface area contributed by atoms with Gasteiger partial charge in [0, 0.05) is 18.2 Å². The highest BCUT2D eigenvalue weighted by atomic mass is 16.5. The van der Waals surface area contributed by atoms with Gasteiger partial charge in [-0.2, -0.15) is 5.10 Å². The van der Waals surface area contributed by atoms with Gasteiger partial charge in [-0.1, -0.05) is 30.3 Å². The Morgan fingerprint density at radius 1 is 1.06 bits per heavy atom. The van der Waals surface area contributed by atoms with E-state index in [9.17, 15) is 4.79 Å². The average molecular weight is 446 g/mol. The van der Waals surface area contributed by atoms with E-state index in [4.69, 9.17) is 13.9 Å². The zero-order chi connectivity index (χ0) is 23.0. The van der Waals surface area contributed by atoms with Gasteiger partial charge in [0.05, 0.1) is 19.3 Å². The summed E-state index contributed by atoms with van der Waals surface area (Å²) in [5, 5.41) is 4.39. The molecule has 2 aromatic carbocycles. The maximum Gasteiger partial charge on any atom is 0.306 e. The van der Waals surface area contributed by atoms with E-state index in [0.29, 0.717) is 38.5 Å². The number of oxazole rings is 1. The maximum absolute atomic E-state index is 11.5. The molecule has 2 heterocycles. The highest BCUT2D eigenvalue weighted by Crippen LogP contribution is 2.23. The molecule has 0 radical (unpaired) electrons. The maximum atomic E-state index is 11.5. The largest absolute Gasteiger partial charge is 0.487 e. The van der Waals surface area contributed by atoms with Crippen molar-refractivity contribution in [2.24, 2.45) is 0 Å². The Bertz CT molecular complexity index is 1180. The fourth-order valence-corrected chi connectivity index (χ4v) is 3.40. The second-order valence-corrected chi connectivity index (χ2v) is 7.67. The van der Waals surface area contributed by atoms with Crippen LogP contribution in [0.5, 0.6) is 5.75 Å². The summed E-state index contributed by atoms with van der Waals surface area (Å²) in [6.07, 6.45) is 4.74. The van der Waals surface area contributed by atoms with E-state index in [0.717, 1.165) is 33.9 Å². The van der Waals surface area contributed by atoms with E-state index in [1.165, 1.54) is 0 Å². The zero-order valence-electron chi connectivity index (χ0n) is 18.9. The third-order valence-electron chi connectivity index (χ3n) is 5.17. The van der Waals surface area contributed by atoms with Crippen molar-refractivity contribution in [3.63, 3.8) is 0 Å². The van der Waals surface area contributed by atoms with Crippen molar-refractivity contribution in [2.45, 2.75) is 39.8 Å². The second-order valence-electron chi connectivity index (χ2n) is 7.67. The Labute approximate surface area is 193 Å². The SMILES string of the molecule is CCOC(=O)CCc1cnn(Cc2ccc(OCc3nc(-c4ccccc4)oc3C)cc2)c1. The van der Waals surface area contributed by atoms with Crippen LogP contribution in [0.15, 0.2) is 71.4 Å². The molecule has 4 rings (SSSR count). The summed E-state index contributed by atoms with van der Waals surface area (Å²) in [7, 11) is 0. The summed E-state index contributed by atoms with van der Waals surface area (Å²) in [4.78, 5) is 16.1. The van der Waals surface area contributed by atoms with E-state index in [1.807, 2.05) is 79.3 Å². The molecule has 7 nitrogen and oxygen atoms in total. The van der Waals surface area contributed by atoms with Crippen LogP contribution in [-0.2, 0) is 29.1 Å². The molecular weight excluding hydrogens is 418 g/mol. The number of aromatic nitrogens is 3. The molecule has 0 saturated heterocycles. The predicted octanol–water partition coefficient (Wildman–Crippen LogP) is 4.97. The summed E-state index contributed by atoms with van der Waals surface area (Å²) in [5.41, 5.74) is 3.84. The molecule has 33 heavy (non-hydrogen) atoms. The van der Waals surface area contributed by atoms with Gasteiger partial charge in [0.2, 0.25) is 5.89 Å². The minimum atomic E-state index is -0.182. The molecule has 170 valence electrons. The van der Waals surface area contributed by atoms with Gasteiger partial charge in [-0.05, 0) is 55.7 Å². The quantitative estimate of drug-likeness (QED) is 0.321.